The van der Waals surface area contributed by atoms with Gasteiger partial charge in [0.2, 0.25) is 0 Å². The molecule has 21 heavy (non-hydrogen) atoms. The summed E-state index contributed by atoms with van der Waals surface area (Å²) >= 11 is 7.45. The zero-order valence-electron chi connectivity index (χ0n) is 11.4. The van der Waals surface area contributed by atoms with Crippen LogP contribution in [-0.4, -0.2) is 20.3 Å². The van der Waals surface area contributed by atoms with Crippen molar-refractivity contribution in [2.24, 2.45) is 0 Å². The fourth-order valence-electron chi connectivity index (χ4n) is 1.96. The van der Waals surface area contributed by atoms with E-state index in [9.17, 15) is 0 Å². The number of fused-ring (bicyclic) bond motifs is 1. The van der Waals surface area contributed by atoms with Crippen LogP contribution in [0.15, 0.2) is 30.6 Å². The van der Waals surface area contributed by atoms with Gasteiger partial charge in [0.15, 0.2) is 0 Å². The SMILES string of the molecule is CCCNc1cncc(Nc2c(Cl)ccc3nsnc23)c1. The summed E-state index contributed by atoms with van der Waals surface area (Å²) in [4.78, 5) is 4.23. The third-order valence-corrected chi connectivity index (χ3v) is 3.82. The second-order valence-electron chi connectivity index (χ2n) is 4.57. The Balaban J connectivity index is 1.91. The van der Waals surface area contributed by atoms with Gasteiger partial charge in [-0.3, -0.25) is 4.98 Å². The zero-order chi connectivity index (χ0) is 14.7. The van der Waals surface area contributed by atoms with E-state index < -0.39 is 0 Å². The Hall–Kier alpha value is -1.92. The van der Waals surface area contributed by atoms with Gasteiger partial charge in [-0.25, -0.2) is 0 Å². The van der Waals surface area contributed by atoms with Gasteiger partial charge in [-0.15, -0.1) is 0 Å². The maximum Gasteiger partial charge on any atom is 0.129 e. The predicted molar refractivity (Wildman–Crippen MR) is 88.7 cm³/mol. The van der Waals surface area contributed by atoms with Gasteiger partial charge in [-0.05, 0) is 24.6 Å². The van der Waals surface area contributed by atoms with Gasteiger partial charge in [0.25, 0.3) is 0 Å². The fourth-order valence-corrected chi connectivity index (χ4v) is 2.71. The van der Waals surface area contributed by atoms with E-state index in [2.05, 4.69) is 31.3 Å². The number of nitrogens with one attached hydrogen (secondary N) is 2. The monoisotopic (exact) mass is 319 g/mol. The average molecular weight is 320 g/mol. The maximum atomic E-state index is 6.27. The molecule has 0 radical (unpaired) electrons. The first-order valence-electron chi connectivity index (χ1n) is 6.64. The third kappa shape index (κ3) is 3.06. The molecule has 2 aromatic heterocycles. The van der Waals surface area contributed by atoms with Crippen LogP contribution in [0.2, 0.25) is 5.02 Å². The smallest absolute Gasteiger partial charge is 0.129 e. The first kappa shape index (κ1) is 14.0. The van der Waals surface area contributed by atoms with E-state index in [4.69, 9.17) is 11.6 Å². The second-order valence-corrected chi connectivity index (χ2v) is 5.50. The summed E-state index contributed by atoms with van der Waals surface area (Å²) in [6.45, 7) is 3.04. The van der Waals surface area contributed by atoms with Crippen molar-refractivity contribution < 1.29 is 0 Å². The van der Waals surface area contributed by atoms with E-state index in [0.717, 1.165) is 41.1 Å². The maximum absolute atomic E-state index is 6.27. The van der Waals surface area contributed by atoms with Crippen molar-refractivity contribution in [2.45, 2.75) is 13.3 Å². The average Bonchev–Trinajstić information content (AvgIpc) is 2.97. The van der Waals surface area contributed by atoms with Crippen LogP contribution in [0.25, 0.3) is 11.0 Å². The highest BCUT2D eigenvalue weighted by Crippen LogP contribution is 2.32. The van der Waals surface area contributed by atoms with Crippen LogP contribution in [-0.2, 0) is 0 Å². The molecule has 0 bridgehead atoms. The summed E-state index contributed by atoms with van der Waals surface area (Å²) < 4.78 is 8.52. The molecule has 2 heterocycles. The number of anilines is 3. The van der Waals surface area contributed by atoms with E-state index in [1.54, 1.807) is 12.4 Å². The summed E-state index contributed by atoms with van der Waals surface area (Å²) in [6.07, 6.45) is 4.62. The van der Waals surface area contributed by atoms with Gasteiger partial charge in [-0.2, -0.15) is 8.75 Å². The molecular weight excluding hydrogens is 306 g/mol. The highest BCUT2D eigenvalue weighted by Gasteiger charge is 2.10. The lowest BCUT2D eigenvalue weighted by Crippen LogP contribution is -2.01. The molecule has 3 aromatic rings. The number of halogens is 1. The molecule has 7 heteroatoms. The minimum Gasteiger partial charge on any atom is -0.384 e. The number of rotatable bonds is 5. The molecular formula is C14H14ClN5S. The predicted octanol–water partition coefficient (Wildman–Crippen LogP) is 4.31. The quantitative estimate of drug-likeness (QED) is 0.734. The highest BCUT2D eigenvalue weighted by atomic mass is 35.5. The number of hydrogen-bond acceptors (Lipinski definition) is 6. The summed E-state index contributed by atoms with van der Waals surface area (Å²) in [6, 6.07) is 5.68. The Bertz CT molecular complexity index is 758. The summed E-state index contributed by atoms with van der Waals surface area (Å²) in [5, 5.41) is 7.21. The topological polar surface area (TPSA) is 62.7 Å². The first-order chi connectivity index (χ1) is 10.3. The highest BCUT2D eigenvalue weighted by molar-refractivity contribution is 7.00. The lowest BCUT2D eigenvalue weighted by Gasteiger charge is -2.10. The second kappa shape index (κ2) is 6.24. The number of benzene rings is 1. The van der Waals surface area contributed by atoms with Crippen molar-refractivity contribution in [1.29, 1.82) is 0 Å². The molecule has 3 rings (SSSR count). The molecule has 0 fully saturated rings. The van der Waals surface area contributed by atoms with Gasteiger partial charge < -0.3 is 10.6 Å². The molecule has 1 aromatic carbocycles. The van der Waals surface area contributed by atoms with E-state index in [0.29, 0.717) is 5.02 Å². The number of aromatic nitrogens is 3. The van der Waals surface area contributed by atoms with Crippen LogP contribution in [0.3, 0.4) is 0 Å². The molecule has 0 spiro atoms. The van der Waals surface area contributed by atoms with E-state index in [1.807, 2.05) is 18.2 Å². The Kier molecular flexibility index (Phi) is 4.17. The molecule has 108 valence electrons. The summed E-state index contributed by atoms with van der Waals surface area (Å²) in [7, 11) is 0. The van der Waals surface area contributed by atoms with Crippen LogP contribution in [0.1, 0.15) is 13.3 Å². The van der Waals surface area contributed by atoms with E-state index in [-0.39, 0.29) is 0 Å². The van der Waals surface area contributed by atoms with Gasteiger partial charge in [0.05, 0.1) is 46.2 Å². The van der Waals surface area contributed by atoms with Gasteiger partial charge in [0.1, 0.15) is 11.0 Å². The first-order valence-corrected chi connectivity index (χ1v) is 7.75. The van der Waals surface area contributed by atoms with Crippen LogP contribution in [0.5, 0.6) is 0 Å². The van der Waals surface area contributed by atoms with Gasteiger partial charge in [0, 0.05) is 6.54 Å². The van der Waals surface area contributed by atoms with Crippen molar-refractivity contribution in [3.63, 3.8) is 0 Å². The van der Waals surface area contributed by atoms with Gasteiger partial charge in [-0.1, -0.05) is 18.5 Å². The fraction of sp³-hybridized carbons (Fsp3) is 0.214. The molecule has 0 unspecified atom stereocenters. The van der Waals surface area contributed by atoms with Crippen molar-refractivity contribution in [2.75, 3.05) is 17.2 Å². The van der Waals surface area contributed by atoms with Crippen LogP contribution < -0.4 is 10.6 Å². The molecule has 5 nitrogen and oxygen atoms in total. The Morgan fingerprint density at radius 1 is 1.19 bits per heavy atom. The normalized spacial score (nSPS) is 10.8. The molecule has 0 amide bonds. The van der Waals surface area contributed by atoms with Crippen LogP contribution in [0, 0.1) is 0 Å². The number of hydrogen-bond donors (Lipinski definition) is 2. The van der Waals surface area contributed by atoms with Gasteiger partial charge >= 0.3 is 0 Å². The molecule has 0 saturated carbocycles. The lowest BCUT2D eigenvalue weighted by molar-refractivity contribution is 0.978. The van der Waals surface area contributed by atoms with Crippen molar-refractivity contribution in [3.8, 4) is 0 Å². The molecule has 0 aliphatic carbocycles. The standard InChI is InChI=1S/C14H14ClN5S/c1-2-5-17-9-6-10(8-16-7-9)18-13-11(15)3-4-12-14(13)20-21-19-12/h3-4,6-8,17-18H,2,5H2,1H3. The van der Waals surface area contributed by atoms with E-state index in [1.165, 1.54) is 11.7 Å². The molecule has 0 saturated heterocycles. The minimum absolute atomic E-state index is 0.613. The summed E-state index contributed by atoms with van der Waals surface area (Å²) in [5.74, 6) is 0. The van der Waals surface area contributed by atoms with Crippen molar-refractivity contribution >= 4 is 51.4 Å². The minimum atomic E-state index is 0.613. The van der Waals surface area contributed by atoms with Crippen LogP contribution >= 0.6 is 23.3 Å². The van der Waals surface area contributed by atoms with Crippen LogP contribution in [0.4, 0.5) is 17.1 Å². The molecule has 0 aliphatic heterocycles. The molecule has 2 N–H and O–H groups in total. The largest absolute Gasteiger partial charge is 0.384 e. The van der Waals surface area contributed by atoms with Crippen molar-refractivity contribution in [1.82, 2.24) is 13.7 Å². The Morgan fingerprint density at radius 2 is 2.05 bits per heavy atom. The lowest BCUT2D eigenvalue weighted by atomic mass is 10.2. The Labute approximate surface area is 131 Å². The van der Waals surface area contributed by atoms with E-state index >= 15 is 0 Å². The van der Waals surface area contributed by atoms with Crippen molar-refractivity contribution in [3.05, 3.63) is 35.6 Å². The molecule has 0 atom stereocenters. The zero-order valence-corrected chi connectivity index (χ0v) is 13.0. The third-order valence-electron chi connectivity index (χ3n) is 2.96. The Morgan fingerprint density at radius 3 is 2.90 bits per heavy atom. The number of pyridine rings is 1. The number of nitrogens with zero attached hydrogens (tertiary/aromatic N) is 3. The molecule has 0 aliphatic rings. The summed E-state index contributed by atoms with van der Waals surface area (Å²) in [5.41, 5.74) is 4.21.